The van der Waals surface area contributed by atoms with Crippen LogP contribution in [-0.4, -0.2) is 11.7 Å². The Bertz CT molecular complexity index is 271. The number of aliphatic hydroxyl groups is 1. The van der Waals surface area contributed by atoms with Crippen molar-refractivity contribution in [3.05, 3.63) is 34.9 Å². The lowest BCUT2D eigenvalue weighted by Crippen LogP contribution is -2.15. The van der Waals surface area contributed by atoms with Crippen molar-refractivity contribution < 1.29 is 5.11 Å². The molecule has 0 amide bonds. The molecule has 3 N–H and O–H groups in total. The number of hydrogen-bond acceptors (Lipinski definition) is 2. The Balaban J connectivity index is 3.01. The maximum Gasteiger partial charge on any atom is 0.0624 e. The zero-order chi connectivity index (χ0) is 9.14. The lowest BCUT2D eigenvalue weighted by molar-refractivity contribution is 0.267. The molecule has 0 aromatic heterocycles. The van der Waals surface area contributed by atoms with Gasteiger partial charge in [0.05, 0.1) is 12.6 Å². The van der Waals surface area contributed by atoms with Crippen LogP contribution in [0.15, 0.2) is 18.2 Å². The molecule has 0 saturated heterocycles. The number of hydrogen-bond donors (Lipinski definition) is 2. The van der Waals surface area contributed by atoms with Gasteiger partial charge in [-0.25, -0.2) is 0 Å². The van der Waals surface area contributed by atoms with Crippen LogP contribution in [0.25, 0.3) is 0 Å². The summed E-state index contributed by atoms with van der Waals surface area (Å²) in [6.07, 6.45) is 0. The van der Waals surface area contributed by atoms with Crippen molar-refractivity contribution in [3.8, 4) is 0 Å². The van der Waals surface area contributed by atoms with Crippen LogP contribution in [0.3, 0.4) is 0 Å². The van der Waals surface area contributed by atoms with Crippen LogP contribution in [0.1, 0.15) is 22.7 Å². The highest BCUT2D eigenvalue weighted by Crippen LogP contribution is 2.16. The third-order valence-electron chi connectivity index (χ3n) is 2.02. The fraction of sp³-hybridized carbons (Fsp3) is 0.400. The molecule has 0 aliphatic carbocycles. The number of nitrogens with two attached hydrogens (primary N) is 1. The summed E-state index contributed by atoms with van der Waals surface area (Å²) in [5.41, 5.74) is 9.10. The quantitative estimate of drug-likeness (QED) is 0.693. The van der Waals surface area contributed by atoms with Gasteiger partial charge in [0.1, 0.15) is 0 Å². The summed E-state index contributed by atoms with van der Waals surface area (Å²) in [6.45, 7) is 4.06. The van der Waals surface area contributed by atoms with Crippen LogP contribution in [-0.2, 0) is 0 Å². The van der Waals surface area contributed by atoms with Gasteiger partial charge < -0.3 is 10.8 Å². The van der Waals surface area contributed by atoms with Crippen molar-refractivity contribution >= 4 is 0 Å². The van der Waals surface area contributed by atoms with Gasteiger partial charge in [-0.15, -0.1) is 0 Å². The second-order valence-corrected chi connectivity index (χ2v) is 3.15. The fourth-order valence-electron chi connectivity index (χ4n) is 1.34. The van der Waals surface area contributed by atoms with E-state index in [1.165, 1.54) is 5.56 Å². The highest BCUT2D eigenvalue weighted by atomic mass is 16.3. The summed E-state index contributed by atoms with van der Waals surface area (Å²) in [5, 5.41) is 8.86. The first-order valence-corrected chi connectivity index (χ1v) is 4.08. The van der Waals surface area contributed by atoms with Gasteiger partial charge in [0.25, 0.3) is 0 Å². The molecular weight excluding hydrogens is 150 g/mol. The molecule has 0 unspecified atom stereocenters. The second kappa shape index (κ2) is 3.70. The molecule has 1 aromatic carbocycles. The summed E-state index contributed by atoms with van der Waals surface area (Å²) in [6, 6.07) is 5.82. The van der Waals surface area contributed by atoms with Crippen LogP contribution in [0.2, 0.25) is 0 Å². The highest BCUT2D eigenvalue weighted by molar-refractivity contribution is 5.32. The largest absolute Gasteiger partial charge is 0.394 e. The first-order chi connectivity index (χ1) is 5.65. The van der Waals surface area contributed by atoms with E-state index in [4.69, 9.17) is 10.8 Å². The minimum atomic E-state index is -0.245. The summed E-state index contributed by atoms with van der Waals surface area (Å²) in [4.78, 5) is 0. The molecule has 2 heteroatoms. The minimum absolute atomic E-state index is 0.00387. The van der Waals surface area contributed by atoms with Crippen LogP contribution in [0.5, 0.6) is 0 Å². The Morgan fingerprint density at radius 2 is 2.08 bits per heavy atom. The molecule has 1 atom stereocenters. The van der Waals surface area contributed by atoms with E-state index in [2.05, 4.69) is 6.07 Å². The molecule has 0 fully saturated rings. The zero-order valence-electron chi connectivity index (χ0n) is 7.54. The summed E-state index contributed by atoms with van der Waals surface area (Å²) in [7, 11) is 0. The average Bonchev–Trinajstić information content (AvgIpc) is 2.03. The van der Waals surface area contributed by atoms with E-state index >= 15 is 0 Å². The Morgan fingerprint density at radius 1 is 1.42 bits per heavy atom. The van der Waals surface area contributed by atoms with E-state index < -0.39 is 0 Å². The van der Waals surface area contributed by atoms with E-state index in [0.29, 0.717) is 0 Å². The van der Waals surface area contributed by atoms with E-state index in [1.54, 1.807) is 0 Å². The predicted octanol–water partition coefficient (Wildman–Crippen LogP) is 1.30. The molecule has 1 rings (SSSR count). The summed E-state index contributed by atoms with van der Waals surface area (Å²) < 4.78 is 0. The maximum atomic E-state index is 8.86. The third-order valence-corrected chi connectivity index (χ3v) is 2.02. The average molecular weight is 165 g/mol. The predicted molar refractivity (Wildman–Crippen MR) is 49.9 cm³/mol. The Hall–Kier alpha value is -0.860. The Morgan fingerprint density at radius 3 is 2.58 bits per heavy atom. The van der Waals surface area contributed by atoms with Gasteiger partial charge in [-0.3, -0.25) is 0 Å². The van der Waals surface area contributed by atoms with E-state index in [1.807, 2.05) is 26.0 Å². The van der Waals surface area contributed by atoms with E-state index in [0.717, 1.165) is 11.1 Å². The number of rotatable bonds is 2. The van der Waals surface area contributed by atoms with E-state index in [-0.39, 0.29) is 12.6 Å². The van der Waals surface area contributed by atoms with Gasteiger partial charge in [0, 0.05) is 0 Å². The molecule has 0 aliphatic heterocycles. The lowest BCUT2D eigenvalue weighted by Gasteiger charge is -2.11. The minimum Gasteiger partial charge on any atom is -0.394 e. The molecule has 0 bridgehead atoms. The zero-order valence-corrected chi connectivity index (χ0v) is 7.54. The molecule has 2 nitrogen and oxygen atoms in total. The van der Waals surface area contributed by atoms with Gasteiger partial charge in [-0.05, 0) is 25.0 Å². The third kappa shape index (κ3) is 1.84. The molecule has 0 spiro atoms. The van der Waals surface area contributed by atoms with Crippen molar-refractivity contribution in [1.82, 2.24) is 0 Å². The number of aliphatic hydroxyl groups excluding tert-OH is 1. The van der Waals surface area contributed by atoms with Gasteiger partial charge >= 0.3 is 0 Å². The van der Waals surface area contributed by atoms with Gasteiger partial charge in [0.15, 0.2) is 0 Å². The monoisotopic (exact) mass is 165 g/mol. The van der Waals surface area contributed by atoms with Crippen molar-refractivity contribution in [1.29, 1.82) is 0 Å². The highest BCUT2D eigenvalue weighted by Gasteiger charge is 2.06. The molecule has 0 saturated carbocycles. The van der Waals surface area contributed by atoms with Gasteiger partial charge in [0.2, 0.25) is 0 Å². The fourth-order valence-corrected chi connectivity index (χ4v) is 1.34. The van der Waals surface area contributed by atoms with Crippen LogP contribution < -0.4 is 5.73 Å². The van der Waals surface area contributed by atoms with Crippen LogP contribution in [0.4, 0.5) is 0 Å². The molecule has 12 heavy (non-hydrogen) atoms. The first-order valence-electron chi connectivity index (χ1n) is 4.08. The molecular formula is C10H15NO. The van der Waals surface area contributed by atoms with Crippen molar-refractivity contribution in [2.24, 2.45) is 5.73 Å². The lowest BCUT2D eigenvalue weighted by atomic mass is 10.0. The van der Waals surface area contributed by atoms with E-state index in [9.17, 15) is 0 Å². The maximum absolute atomic E-state index is 8.86. The Labute approximate surface area is 73.0 Å². The molecule has 66 valence electrons. The summed E-state index contributed by atoms with van der Waals surface area (Å²) in [5.74, 6) is 0. The standard InChI is InChI=1S/C10H15NO/c1-7-3-4-9(8(2)5-7)10(11)6-12/h3-5,10,12H,6,11H2,1-2H3/t10-/m0/s1. The molecule has 0 radical (unpaired) electrons. The summed E-state index contributed by atoms with van der Waals surface area (Å²) >= 11 is 0. The van der Waals surface area contributed by atoms with Crippen LogP contribution >= 0.6 is 0 Å². The number of aryl methyl sites for hydroxylation is 2. The second-order valence-electron chi connectivity index (χ2n) is 3.15. The molecule has 1 aromatic rings. The number of benzene rings is 1. The smallest absolute Gasteiger partial charge is 0.0624 e. The van der Waals surface area contributed by atoms with Crippen molar-refractivity contribution in [2.45, 2.75) is 19.9 Å². The van der Waals surface area contributed by atoms with Crippen molar-refractivity contribution in [2.75, 3.05) is 6.61 Å². The van der Waals surface area contributed by atoms with Gasteiger partial charge in [-0.2, -0.15) is 0 Å². The Kier molecular flexibility index (Phi) is 2.84. The normalized spacial score (nSPS) is 13.0. The SMILES string of the molecule is Cc1ccc([C@@H](N)CO)c(C)c1. The first kappa shape index (κ1) is 9.23. The topological polar surface area (TPSA) is 46.2 Å². The van der Waals surface area contributed by atoms with Gasteiger partial charge in [-0.1, -0.05) is 23.8 Å². The van der Waals surface area contributed by atoms with Crippen LogP contribution in [0, 0.1) is 13.8 Å². The molecule has 0 heterocycles. The van der Waals surface area contributed by atoms with Crippen molar-refractivity contribution in [3.63, 3.8) is 0 Å². The molecule has 0 aliphatic rings.